The highest BCUT2D eigenvalue weighted by molar-refractivity contribution is 6.13. The molecule has 35 heavy (non-hydrogen) atoms. The molecule has 0 saturated carbocycles. The van der Waals surface area contributed by atoms with Gasteiger partial charge in [-0.05, 0) is 37.3 Å². The molecule has 1 aromatic carbocycles. The fourth-order valence-electron chi connectivity index (χ4n) is 4.16. The molecule has 0 aliphatic carbocycles. The Balaban J connectivity index is 1.61. The molecule has 0 radical (unpaired) electrons. The van der Waals surface area contributed by atoms with Gasteiger partial charge in [-0.2, -0.15) is 5.10 Å². The van der Waals surface area contributed by atoms with Crippen molar-refractivity contribution in [3.63, 3.8) is 0 Å². The third-order valence-electron chi connectivity index (χ3n) is 5.84. The number of pyridine rings is 1. The molecule has 0 amide bonds. The zero-order chi connectivity index (χ0) is 24.0. The molecule has 2 unspecified atom stereocenters. The Morgan fingerprint density at radius 2 is 2.09 bits per heavy atom. The summed E-state index contributed by atoms with van der Waals surface area (Å²) in [4.78, 5) is 11.4. The first kappa shape index (κ1) is 23.2. The lowest BCUT2D eigenvalue weighted by Crippen LogP contribution is -2.52. The lowest BCUT2D eigenvalue weighted by atomic mass is 10.0. The molecule has 5 rings (SSSR count). The van der Waals surface area contributed by atoms with E-state index in [0.29, 0.717) is 31.2 Å². The summed E-state index contributed by atoms with van der Waals surface area (Å²) in [5, 5.41) is 22.4. The van der Waals surface area contributed by atoms with Gasteiger partial charge >= 0.3 is 0 Å². The third kappa shape index (κ3) is 5.25. The van der Waals surface area contributed by atoms with E-state index in [9.17, 15) is 5.11 Å². The van der Waals surface area contributed by atoms with Gasteiger partial charge in [0.25, 0.3) is 0 Å². The summed E-state index contributed by atoms with van der Waals surface area (Å²) in [5.74, 6) is 0.522. The first-order chi connectivity index (χ1) is 17.2. The predicted octanol–water partition coefficient (Wildman–Crippen LogP) is 2.06. The van der Waals surface area contributed by atoms with Gasteiger partial charge < -0.3 is 25.2 Å². The van der Waals surface area contributed by atoms with Crippen LogP contribution in [0.5, 0.6) is 0 Å². The van der Waals surface area contributed by atoms with Crippen LogP contribution >= 0.6 is 0 Å². The van der Waals surface area contributed by atoms with Crippen LogP contribution in [0.3, 0.4) is 0 Å². The van der Waals surface area contributed by atoms with E-state index in [2.05, 4.69) is 25.6 Å². The zero-order valence-corrected chi connectivity index (χ0v) is 19.5. The summed E-state index contributed by atoms with van der Waals surface area (Å²) in [6.45, 7) is 4.96. The maximum absolute atomic E-state index is 11.1. The Bertz CT molecular complexity index is 1170. The van der Waals surface area contributed by atoms with Crippen LogP contribution in [0.15, 0.2) is 77.8 Å². The summed E-state index contributed by atoms with van der Waals surface area (Å²) in [7, 11) is 0. The molecule has 3 aromatic rings. The third-order valence-corrected chi connectivity index (χ3v) is 5.84. The molecular weight excluding hydrogens is 446 g/mol. The number of benzene rings is 1. The van der Waals surface area contributed by atoms with Crippen molar-refractivity contribution >= 4 is 17.2 Å². The number of nitrogens with one attached hydrogen (secondary N) is 2. The highest BCUT2D eigenvalue weighted by Gasteiger charge is 2.32. The molecule has 1 fully saturated rings. The Labute approximate surface area is 203 Å². The number of aliphatic imine (C=N–C) groups is 1. The summed E-state index contributed by atoms with van der Waals surface area (Å²) in [5.41, 5.74) is 3.81. The van der Waals surface area contributed by atoms with Gasteiger partial charge in [0, 0.05) is 43.9 Å². The first-order valence-corrected chi connectivity index (χ1v) is 11.7. The Morgan fingerprint density at radius 3 is 2.83 bits per heavy atom. The Kier molecular flexibility index (Phi) is 7.15. The molecule has 10 heteroatoms. The van der Waals surface area contributed by atoms with Gasteiger partial charge in [-0.25, -0.2) is 9.67 Å². The quantitative estimate of drug-likeness (QED) is 0.446. The fourth-order valence-corrected chi connectivity index (χ4v) is 4.16. The molecule has 2 aliphatic rings. The number of rotatable bonds is 7. The number of amidine groups is 1. The van der Waals surface area contributed by atoms with Crippen molar-refractivity contribution in [3.8, 4) is 5.69 Å². The summed E-state index contributed by atoms with van der Waals surface area (Å²) in [6, 6.07) is 13.6. The van der Waals surface area contributed by atoms with E-state index >= 15 is 0 Å². The van der Waals surface area contributed by atoms with E-state index in [-0.39, 0.29) is 6.29 Å². The second kappa shape index (κ2) is 10.8. The largest absolute Gasteiger partial charge is 0.379 e. The zero-order valence-electron chi connectivity index (χ0n) is 19.5. The van der Waals surface area contributed by atoms with Crippen molar-refractivity contribution in [2.45, 2.75) is 19.5 Å². The van der Waals surface area contributed by atoms with Gasteiger partial charge in [0.2, 0.25) is 0 Å². The highest BCUT2D eigenvalue weighted by Crippen LogP contribution is 2.28. The summed E-state index contributed by atoms with van der Waals surface area (Å²) >= 11 is 0. The Morgan fingerprint density at radius 1 is 1.20 bits per heavy atom. The molecule has 2 atom stereocenters. The van der Waals surface area contributed by atoms with Gasteiger partial charge in [-0.3, -0.25) is 9.88 Å². The lowest BCUT2D eigenvalue weighted by Gasteiger charge is -2.38. The molecule has 1 saturated heterocycles. The van der Waals surface area contributed by atoms with Crippen LogP contribution in [0, 0.1) is 0 Å². The average molecular weight is 476 g/mol. The Hall–Kier alpha value is -3.57. The number of nitrogens with zero attached hydrogens (tertiary/aromatic N) is 5. The van der Waals surface area contributed by atoms with Crippen LogP contribution in [0.2, 0.25) is 0 Å². The van der Waals surface area contributed by atoms with Crippen LogP contribution in [-0.4, -0.2) is 76.1 Å². The van der Waals surface area contributed by atoms with Crippen molar-refractivity contribution in [3.05, 3.63) is 78.4 Å². The second-order valence-corrected chi connectivity index (χ2v) is 8.11. The van der Waals surface area contributed by atoms with Crippen LogP contribution in [-0.2, 0) is 9.47 Å². The van der Waals surface area contributed by atoms with E-state index in [1.807, 2.05) is 55.6 Å². The van der Waals surface area contributed by atoms with Crippen LogP contribution < -0.4 is 10.6 Å². The highest BCUT2D eigenvalue weighted by atomic mass is 16.6. The smallest absolute Gasteiger partial charge is 0.186 e. The number of aliphatic hydroxyl groups is 1. The number of hydrogen-bond acceptors (Lipinski definition) is 9. The van der Waals surface area contributed by atoms with E-state index in [1.165, 1.54) is 0 Å². The number of anilines is 1. The first-order valence-electron chi connectivity index (χ1n) is 11.7. The van der Waals surface area contributed by atoms with Crippen molar-refractivity contribution < 1.29 is 14.6 Å². The maximum Gasteiger partial charge on any atom is 0.186 e. The van der Waals surface area contributed by atoms with E-state index in [1.54, 1.807) is 23.3 Å². The molecule has 4 heterocycles. The molecule has 10 nitrogen and oxygen atoms in total. The topological polar surface area (TPSA) is 109 Å². The molecule has 182 valence electrons. The number of hydrogen-bond donors (Lipinski definition) is 3. The molecule has 2 aliphatic heterocycles. The number of aromatic nitrogens is 3. The van der Waals surface area contributed by atoms with E-state index in [0.717, 1.165) is 35.7 Å². The van der Waals surface area contributed by atoms with Crippen LogP contribution in [0.1, 0.15) is 12.5 Å². The van der Waals surface area contributed by atoms with Gasteiger partial charge in [-0.1, -0.05) is 12.1 Å². The predicted molar refractivity (Wildman–Crippen MR) is 133 cm³/mol. The standard InChI is InChI=1S/C25H29N7O3/c1-2-35-24(33)21-22(18-6-3-8-20(16-18)32-11-5-10-27-32)29-25(31-12-14-34-15-13-31)30-23(21)28-19-7-4-9-26-17-19/h3-11,16-17,24-25,29,33H,2,12-15H2,1H3,(H,28,30). The fraction of sp³-hybridized carbons (Fsp3) is 0.320. The number of aliphatic hydroxyl groups excluding tert-OH is 1. The van der Waals surface area contributed by atoms with E-state index < -0.39 is 6.29 Å². The van der Waals surface area contributed by atoms with Crippen molar-refractivity contribution in [1.82, 2.24) is 25.0 Å². The minimum absolute atomic E-state index is 0.346. The molecule has 2 aromatic heterocycles. The minimum atomic E-state index is -1.19. The molecule has 3 N–H and O–H groups in total. The number of morpholine rings is 1. The second-order valence-electron chi connectivity index (χ2n) is 8.11. The van der Waals surface area contributed by atoms with Crippen molar-refractivity contribution in [2.75, 3.05) is 38.2 Å². The summed E-state index contributed by atoms with van der Waals surface area (Å²) < 4.78 is 13.0. The monoisotopic (exact) mass is 475 g/mol. The van der Waals surface area contributed by atoms with Gasteiger partial charge in [0.1, 0.15) is 5.84 Å². The molecule has 0 bridgehead atoms. The SMILES string of the molecule is CCOC(O)C1=C(c2cccc(-n3cccn3)c2)NC(N2CCOCC2)N=C1Nc1cccnc1. The maximum atomic E-state index is 11.1. The van der Waals surface area contributed by atoms with Crippen molar-refractivity contribution in [1.29, 1.82) is 0 Å². The van der Waals surface area contributed by atoms with E-state index in [4.69, 9.17) is 14.5 Å². The number of ether oxygens (including phenoxy) is 2. The summed E-state index contributed by atoms with van der Waals surface area (Å²) in [6.07, 6.45) is 5.53. The molecular formula is C25H29N7O3. The minimum Gasteiger partial charge on any atom is -0.379 e. The van der Waals surface area contributed by atoms with Crippen LogP contribution in [0.4, 0.5) is 5.69 Å². The van der Waals surface area contributed by atoms with Gasteiger partial charge in [-0.15, -0.1) is 0 Å². The molecule has 0 spiro atoms. The van der Waals surface area contributed by atoms with Crippen LogP contribution in [0.25, 0.3) is 11.4 Å². The average Bonchev–Trinajstić information content (AvgIpc) is 3.45. The lowest BCUT2D eigenvalue weighted by molar-refractivity contribution is -0.0634. The van der Waals surface area contributed by atoms with Gasteiger partial charge in [0.15, 0.2) is 12.6 Å². The normalized spacial score (nSPS) is 19.7. The van der Waals surface area contributed by atoms with Crippen molar-refractivity contribution in [2.24, 2.45) is 4.99 Å². The van der Waals surface area contributed by atoms with Gasteiger partial charge in [0.05, 0.1) is 42.1 Å².